The van der Waals surface area contributed by atoms with Gasteiger partial charge in [-0.1, -0.05) is 42.5 Å². The first-order chi connectivity index (χ1) is 14.6. The smallest absolute Gasteiger partial charge is 0.407 e. The monoisotopic (exact) mass is 406 g/mol. The first kappa shape index (κ1) is 20.9. The van der Waals surface area contributed by atoms with Gasteiger partial charge in [-0.3, -0.25) is 9.78 Å². The van der Waals surface area contributed by atoms with Gasteiger partial charge in [0, 0.05) is 18.3 Å². The van der Waals surface area contributed by atoms with Gasteiger partial charge >= 0.3 is 12.1 Å². The molecule has 0 bridgehead atoms. The summed E-state index contributed by atoms with van der Waals surface area (Å²) in [5.74, 6) is -0.356. The van der Waals surface area contributed by atoms with Gasteiger partial charge in [0.25, 0.3) is 0 Å². The number of carbonyl (C=O) groups excluding carboxylic acids is 1. The van der Waals surface area contributed by atoms with Gasteiger partial charge in [-0.2, -0.15) is 0 Å². The number of benzene rings is 2. The zero-order valence-corrected chi connectivity index (χ0v) is 16.5. The van der Waals surface area contributed by atoms with Crippen molar-refractivity contribution >= 4 is 12.1 Å². The molecule has 0 spiro atoms. The summed E-state index contributed by atoms with van der Waals surface area (Å²) in [6.45, 7) is 0.376. The number of hydrogen-bond donors (Lipinski definition) is 2. The van der Waals surface area contributed by atoms with Crippen molar-refractivity contribution in [2.75, 3.05) is 7.11 Å². The molecule has 3 rings (SSSR count). The minimum Gasteiger partial charge on any atom is -0.496 e. The van der Waals surface area contributed by atoms with E-state index in [2.05, 4.69) is 10.3 Å². The fraction of sp³-hybridized carbons (Fsp3) is 0.174. The maximum Gasteiger partial charge on any atom is 0.407 e. The fourth-order valence-electron chi connectivity index (χ4n) is 2.99. The molecule has 0 aliphatic rings. The fourth-order valence-corrected chi connectivity index (χ4v) is 2.99. The first-order valence-electron chi connectivity index (χ1n) is 9.34. The van der Waals surface area contributed by atoms with E-state index in [1.807, 2.05) is 36.4 Å². The molecule has 0 atom stereocenters. The Morgan fingerprint density at radius 3 is 2.57 bits per heavy atom. The molecule has 0 saturated carbocycles. The average Bonchev–Trinajstić information content (AvgIpc) is 2.76. The summed E-state index contributed by atoms with van der Waals surface area (Å²) in [6.07, 6.45) is 0.985. The van der Waals surface area contributed by atoms with Crippen LogP contribution in [0.3, 0.4) is 0 Å². The van der Waals surface area contributed by atoms with E-state index in [1.165, 1.54) is 7.11 Å². The van der Waals surface area contributed by atoms with E-state index in [9.17, 15) is 9.59 Å². The van der Waals surface area contributed by atoms with Crippen molar-refractivity contribution in [1.29, 1.82) is 0 Å². The Balaban J connectivity index is 1.74. The molecular formula is C23H22N2O5. The molecule has 7 heteroatoms. The van der Waals surface area contributed by atoms with Gasteiger partial charge in [-0.25, -0.2) is 4.79 Å². The number of methoxy groups -OCH3 is 1. The van der Waals surface area contributed by atoms with Gasteiger partial charge in [-0.05, 0) is 34.9 Å². The van der Waals surface area contributed by atoms with Crippen molar-refractivity contribution in [3.8, 4) is 17.0 Å². The van der Waals surface area contributed by atoms with E-state index >= 15 is 0 Å². The van der Waals surface area contributed by atoms with Gasteiger partial charge in [0.2, 0.25) is 0 Å². The Morgan fingerprint density at radius 1 is 1.03 bits per heavy atom. The first-order valence-corrected chi connectivity index (χ1v) is 9.34. The molecule has 154 valence electrons. The van der Waals surface area contributed by atoms with Gasteiger partial charge in [0.05, 0.1) is 19.2 Å². The molecule has 2 N–H and O–H groups in total. The highest BCUT2D eigenvalue weighted by atomic mass is 16.5. The minimum absolute atomic E-state index is 0.108. The summed E-state index contributed by atoms with van der Waals surface area (Å²) in [5.41, 5.74) is 3.54. The number of rotatable bonds is 8. The predicted octanol–water partition coefficient (Wildman–Crippen LogP) is 3.81. The van der Waals surface area contributed by atoms with Crippen LogP contribution < -0.4 is 10.1 Å². The number of alkyl carbamates (subject to hydrolysis) is 1. The van der Waals surface area contributed by atoms with Crippen molar-refractivity contribution in [3.63, 3.8) is 0 Å². The van der Waals surface area contributed by atoms with Crippen LogP contribution in [0.1, 0.15) is 16.7 Å². The second-order valence-corrected chi connectivity index (χ2v) is 6.53. The lowest BCUT2D eigenvalue weighted by atomic mass is 10.0. The topological polar surface area (TPSA) is 97.8 Å². The number of pyridine rings is 1. The summed E-state index contributed by atoms with van der Waals surface area (Å²) < 4.78 is 10.7. The van der Waals surface area contributed by atoms with Crippen LogP contribution >= 0.6 is 0 Å². The largest absolute Gasteiger partial charge is 0.496 e. The highest BCUT2D eigenvalue weighted by molar-refractivity contribution is 5.75. The lowest BCUT2D eigenvalue weighted by molar-refractivity contribution is -0.136. The standard InChI is InChI=1S/C23H22N2O5/c1-29-20-10-9-17(13-21(26)27)12-19(20)22-18(8-5-11-24-22)14-25-23(28)30-15-16-6-3-2-4-7-16/h2-12H,13-15H2,1H3,(H,25,28)(H,26,27). The molecule has 1 aromatic heterocycles. The molecule has 30 heavy (non-hydrogen) atoms. The maximum absolute atomic E-state index is 12.1. The molecule has 1 heterocycles. The summed E-state index contributed by atoms with van der Waals surface area (Å²) in [4.78, 5) is 27.6. The molecule has 1 amide bonds. The third kappa shape index (κ3) is 5.57. The van der Waals surface area contributed by atoms with Gasteiger partial charge < -0.3 is 19.9 Å². The van der Waals surface area contributed by atoms with Crippen LogP contribution in [-0.4, -0.2) is 29.3 Å². The van der Waals surface area contributed by atoms with Crippen molar-refractivity contribution in [2.24, 2.45) is 0 Å². The summed E-state index contributed by atoms with van der Waals surface area (Å²) in [7, 11) is 1.54. The molecule has 0 fully saturated rings. The Labute approximate surface area is 174 Å². The number of ether oxygens (including phenoxy) is 2. The molecular weight excluding hydrogens is 384 g/mol. The number of amides is 1. The van der Waals surface area contributed by atoms with Gasteiger partial charge in [0.1, 0.15) is 12.4 Å². The molecule has 7 nitrogen and oxygen atoms in total. The average molecular weight is 406 g/mol. The quantitative estimate of drug-likeness (QED) is 0.590. The van der Waals surface area contributed by atoms with Crippen LogP contribution in [0.5, 0.6) is 5.75 Å². The van der Waals surface area contributed by atoms with E-state index in [-0.39, 0.29) is 19.6 Å². The van der Waals surface area contributed by atoms with Crippen LogP contribution in [0.15, 0.2) is 66.9 Å². The van der Waals surface area contributed by atoms with Crippen molar-refractivity contribution in [3.05, 3.63) is 83.6 Å². The zero-order chi connectivity index (χ0) is 21.3. The predicted molar refractivity (Wildman–Crippen MR) is 111 cm³/mol. The molecule has 2 aromatic carbocycles. The van der Waals surface area contributed by atoms with Crippen LogP contribution in [-0.2, 0) is 29.1 Å². The summed E-state index contributed by atoms with van der Waals surface area (Å²) in [6, 6.07) is 18.2. The van der Waals surface area contributed by atoms with E-state index in [0.29, 0.717) is 22.6 Å². The number of nitrogens with zero attached hydrogens (tertiary/aromatic N) is 1. The molecule has 0 unspecified atom stereocenters. The Bertz CT molecular complexity index is 1020. The molecule has 3 aromatic rings. The van der Waals surface area contributed by atoms with Gasteiger partial charge in [-0.15, -0.1) is 0 Å². The van der Waals surface area contributed by atoms with Crippen LogP contribution in [0.25, 0.3) is 11.3 Å². The van der Waals surface area contributed by atoms with Crippen molar-refractivity contribution in [2.45, 2.75) is 19.6 Å². The van der Waals surface area contributed by atoms with Crippen molar-refractivity contribution in [1.82, 2.24) is 10.3 Å². The Hall–Kier alpha value is -3.87. The van der Waals surface area contributed by atoms with E-state index in [4.69, 9.17) is 14.6 Å². The molecule has 0 radical (unpaired) electrons. The second-order valence-electron chi connectivity index (χ2n) is 6.53. The molecule has 0 aliphatic carbocycles. The number of carboxylic acids is 1. The van der Waals surface area contributed by atoms with E-state index < -0.39 is 12.1 Å². The van der Waals surface area contributed by atoms with Crippen LogP contribution in [0, 0.1) is 0 Å². The third-order valence-electron chi connectivity index (χ3n) is 4.40. The molecule has 0 saturated heterocycles. The van der Waals surface area contributed by atoms with E-state index in [1.54, 1.807) is 30.5 Å². The summed E-state index contributed by atoms with van der Waals surface area (Å²) in [5, 5.41) is 11.8. The number of hydrogen-bond acceptors (Lipinski definition) is 5. The highest BCUT2D eigenvalue weighted by Crippen LogP contribution is 2.32. The highest BCUT2D eigenvalue weighted by Gasteiger charge is 2.14. The normalized spacial score (nSPS) is 10.3. The Morgan fingerprint density at radius 2 is 1.83 bits per heavy atom. The number of carboxylic acid groups (broad SMARTS) is 1. The zero-order valence-electron chi connectivity index (χ0n) is 16.5. The van der Waals surface area contributed by atoms with Crippen LogP contribution in [0.2, 0.25) is 0 Å². The summed E-state index contributed by atoms with van der Waals surface area (Å²) >= 11 is 0. The second kappa shape index (κ2) is 10.1. The maximum atomic E-state index is 12.1. The van der Waals surface area contributed by atoms with E-state index in [0.717, 1.165) is 11.1 Å². The van der Waals surface area contributed by atoms with Gasteiger partial charge in [0.15, 0.2) is 0 Å². The lowest BCUT2D eigenvalue weighted by Gasteiger charge is -2.14. The molecule has 0 aliphatic heterocycles. The lowest BCUT2D eigenvalue weighted by Crippen LogP contribution is -2.24. The van der Waals surface area contributed by atoms with Crippen molar-refractivity contribution < 1.29 is 24.2 Å². The minimum atomic E-state index is -0.921. The number of nitrogens with one attached hydrogen (secondary N) is 1. The van der Waals surface area contributed by atoms with Crippen LogP contribution in [0.4, 0.5) is 4.79 Å². The Kier molecular flexibility index (Phi) is 7.00. The number of aliphatic carboxylic acids is 1. The number of aromatic nitrogens is 1. The SMILES string of the molecule is COc1ccc(CC(=O)O)cc1-c1ncccc1CNC(=O)OCc1ccccc1. The number of carbonyl (C=O) groups is 2. The third-order valence-corrected chi connectivity index (χ3v) is 4.40.